The van der Waals surface area contributed by atoms with Crippen LogP contribution in [0.2, 0.25) is 0 Å². The highest BCUT2D eigenvalue weighted by molar-refractivity contribution is 7.99. The zero-order valence-electron chi connectivity index (χ0n) is 10.6. The summed E-state index contributed by atoms with van der Waals surface area (Å²) in [7, 11) is 0. The van der Waals surface area contributed by atoms with Crippen molar-refractivity contribution in [2.24, 2.45) is 0 Å². The van der Waals surface area contributed by atoms with Crippen LogP contribution in [-0.2, 0) is 0 Å². The molecule has 0 aliphatic rings. The number of anilines is 1. The number of hydrogen-bond donors (Lipinski definition) is 1. The first-order valence-corrected chi connectivity index (χ1v) is 6.76. The van der Waals surface area contributed by atoms with Gasteiger partial charge in [0, 0.05) is 9.79 Å². The van der Waals surface area contributed by atoms with Crippen molar-refractivity contribution < 1.29 is 4.74 Å². The third kappa shape index (κ3) is 3.44. The first-order valence-electron chi connectivity index (χ1n) is 5.94. The van der Waals surface area contributed by atoms with Crippen LogP contribution in [0.25, 0.3) is 0 Å². The van der Waals surface area contributed by atoms with Crippen molar-refractivity contribution in [3.8, 4) is 5.75 Å². The van der Waals surface area contributed by atoms with E-state index in [4.69, 9.17) is 10.5 Å². The summed E-state index contributed by atoms with van der Waals surface area (Å²) in [4.78, 5) is 2.34. The highest BCUT2D eigenvalue weighted by atomic mass is 32.2. The summed E-state index contributed by atoms with van der Waals surface area (Å²) >= 11 is 1.70. The van der Waals surface area contributed by atoms with Gasteiger partial charge in [0.2, 0.25) is 0 Å². The van der Waals surface area contributed by atoms with E-state index in [1.165, 1.54) is 4.90 Å². The van der Waals surface area contributed by atoms with Gasteiger partial charge in [-0.3, -0.25) is 0 Å². The second-order valence-corrected chi connectivity index (χ2v) is 5.43. The molecule has 0 aliphatic carbocycles. The lowest BCUT2D eigenvalue weighted by atomic mass is 10.3. The maximum atomic E-state index is 5.90. The van der Waals surface area contributed by atoms with Gasteiger partial charge in [-0.05, 0) is 44.2 Å². The lowest BCUT2D eigenvalue weighted by Crippen LogP contribution is -2.07. The first kappa shape index (κ1) is 12.8. The fourth-order valence-electron chi connectivity index (χ4n) is 1.56. The predicted molar refractivity (Wildman–Crippen MR) is 77.2 cm³/mol. The molecule has 0 aliphatic heterocycles. The Morgan fingerprint density at radius 3 is 2.39 bits per heavy atom. The summed E-state index contributed by atoms with van der Waals surface area (Å²) in [6, 6.07) is 16.2. The molecule has 0 saturated heterocycles. The van der Waals surface area contributed by atoms with E-state index >= 15 is 0 Å². The number of nitrogens with two attached hydrogens (primary N) is 1. The fourth-order valence-corrected chi connectivity index (χ4v) is 2.43. The molecule has 0 heterocycles. The zero-order chi connectivity index (χ0) is 13.0. The van der Waals surface area contributed by atoms with Gasteiger partial charge < -0.3 is 10.5 Å². The van der Waals surface area contributed by atoms with Crippen molar-refractivity contribution in [3.05, 3.63) is 48.5 Å². The summed E-state index contributed by atoms with van der Waals surface area (Å²) < 4.78 is 5.68. The van der Waals surface area contributed by atoms with Crippen LogP contribution in [0.5, 0.6) is 5.75 Å². The third-order valence-electron chi connectivity index (χ3n) is 2.33. The number of ether oxygens (including phenoxy) is 1. The van der Waals surface area contributed by atoms with Crippen LogP contribution in [0.3, 0.4) is 0 Å². The Hall–Kier alpha value is -1.61. The standard InChI is InChI=1S/C15H17NOS/c1-11(2)17-15-10-13(8-9-14(15)16)18-12-6-4-3-5-7-12/h3-11H,16H2,1-2H3. The Bertz CT molecular complexity index is 511. The highest BCUT2D eigenvalue weighted by Gasteiger charge is 2.05. The molecule has 0 fully saturated rings. The molecule has 2 aromatic carbocycles. The molecule has 0 unspecified atom stereocenters. The molecule has 0 bridgehead atoms. The van der Waals surface area contributed by atoms with Crippen LogP contribution < -0.4 is 10.5 Å². The molecule has 18 heavy (non-hydrogen) atoms. The number of nitrogen functional groups attached to an aromatic ring is 1. The van der Waals surface area contributed by atoms with Crippen LogP contribution >= 0.6 is 11.8 Å². The van der Waals surface area contributed by atoms with Crippen molar-refractivity contribution in [1.82, 2.24) is 0 Å². The summed E-state index contributed by atoms with van der Waals surface area (Å²) in [5, 5.41) is 0. The van der Waals surface area contributed by atoms with E-state index in [0.717, 1.165) is 10.6 Å². The van der Waals surface area contributed by atoms with Crippen molar-refractivity contribution in [2.75, 3.05) is 5.73 Å². The molecule has 0 atom stereocenters. The quantitative estimate of drug-likeness (QED) is 0.835. The van der Waals surface area contributed by atoms with E-state index in [1.54, 1.807) is 11.8 Å². The molecular formula is C15H17NOS. The van der Waals surface area contributed by atoms with Crippen molar-refractivity contribution in [2.45, 2.75) is 29.7 Å². The molecule has 0 amide bonds. The minimum Gasteiger partial charge on any atom is -0.489 e. The largest absolute Gasteiger partial charge is 0.489 e. The third-order valence-corrected chi connectivity index (χ3v) is 3.32. The van der Waals surface area contributed by atoms with Crippen LogP contribution in [-0.4, -0.2) is 6.10 Å². The van der Waals surface area contributed by atoms with Crippen LogP contribution in [0.15, 0.2) is 58.3 Å². The SMILES string of the molecule is CC(C)Oc1cc(Sc2ccccc2)ccc1N. The van der Waals surface area contributed by atoms with Gasteiger partial charge in [-0.25, -0.2) is 0 Å². The Morgan fingerprint density at radius 1 is 1.00 bits per heavy atom. The van der Waals surface area contributed by atoms with Crippen molar-refractivity contribution in [1.29, 1.82) is 0 Å². The Labute approximate surface area is 112 Å². The predicted octanol–water partition coefficient (Wildman–Crippen LogP) is 4.21. The Morgan fingerprint density at radius 2 is 1.72 bits per heavy atom. The van der Waals surface area contributed by atoms with Gasteiger partial charge in [0.1, 0.15) is 5.75 Å². The number of rotatable bonds is 4. The van der Waals surface area contributed by atoms with Gasteiger partial charge in [-0.15, -0.1) is 0 Å². The number of benzene rings is 2. The molecule has 2 nitrogen and oxygen atoms in total. The minimum atomic E-state index is 0.129. The molecule has 3 heteroatoms. The lowest BCUT2D eigenvalue weighted by Gasteiger charge is -2.13. The monoisotopic (exact) mass is 259 g/mol. The maximum Gasteiger partial charge on any atom is 0.143 e. The first-order chi connectivity index (χ1) is 8.65. The molecular weight excluding hydrogens is 242 g/mol. The van der Waals surface area contributed by atoms with E-state index in [2.05, 4.69) is 12.1 Å². The Kier molecular flexibility index (Phi) is 4.15. The van der Waals surface area contributed by atoms with Gasteiger partial charge in [0.05, 0.1) is 11.8 Å². The minimum absolute atomic E-state index is 0.129. The summed E-state index contributed by atoms with van der Waals surface area (Å²) in [5.74, 6) is 0.755. The van der Waals surface area contributed by atoms with Crippen LogP contribution in [0, 0.1) is 0 Å². The fraction of sp³-hybridized carbons (Fsp3) is 0.200. The average molecular weight is 259 g/mol. The molecule has 0 aromatic heterocycles. The van der Waals surface area contributed by atoms with Gasteiger partial charge in [0.15, 0.2) is 0 Å². The zero-order valence-corrected chi connectivity index (χ0v) is 11.4. The second-order valence-electron chi connectivity index (χ2n) is 4.28. The molecule has 2 rings (SSSR count). The van der Waals surface area contributed by atoms with Gasteiger partial charge in [-0.1, -0.05) is 30.0 Å². The summed E-state index contributed by atoms with van der Waals surface area (Å²) in [6.45, 7) is 3.99. The van der Waals surface area contributed by atoms with Gasteiger partial charge in [0.25, 0.3) is 0 Å². The highest BCUT2D eigenvalue weighted by Crippen LogP contribution is 2.33. The summed E-state index contributed by atoms with van der Waals surface area (Å²) in [5.41, 5.74) is 6.58. The summed E-state index contributed by atoms with van der Waals surface area (Å²) in [6.07, 6.45) is 0.129. The van der Waals surface area contributed by atoms with E-state index in [0.29, 0.717) is 5.69 Å². The lowest BCUT2D eigenvalue weighted by molar-refractivity contribution is 0.243. The van der Waals surface area contributed by atoms with Crippen molar-refractivity contribution in [3.63, 3.8) is 0 Å². The van der Waals surface area contributed by atoms with E-state index in [9.17, 15) is 0 Å². The second kappa shape index (κ2) is 5.83. The molecule has 0 spiro atoms. The van der Waals surface area contributed by atoms with E-state index in [1.807, 2.05) is 50.2 Å². The molecule has 2 N–H and O–H groups in total. The molecule has 0 radical (unpaired) electrons. The molecule has 94 valence electrons. The normalized spacial score (nSPS) is 10.6. The van der Waals surface area contributed by atoms with E-state index in [-0.39, 0.29) is 6.10 Å². The molecule has 2 aromatic rings. The molecule has 0 saturated carbocycles. The van der Waals surface area contributed by atoms with Gasteiger partial charge in [-0.2, -0.15) is 0 Å². The average Bonchev–Trinajstić information content (AvgIpc) is 2.34. The van der Waals surface area contributed by atoms with Crippen LogP contribution in [0.4, 0.5) is 5.69 Å². The Balaban J connectivity index is 2.19. The van der Waals surface area contributed by atoms with Gasteiger partial charge >= 0.3 is 0 Å². The van der Waals surface area contributed by atoms with Crippen molar-refractivity contribution >= 4 is 17.4 Å². The number of hydrogen-bond acceptors (Lipinski definition) is 3. The topological polar surface area (TPSA) is 35.2 Å². The maximum absolute atomic E-state index is 5.90. The van der Waals surface area contributed by atoms with E-state index < -0.39 is 0 Å². The smallest absolute Gasteiger partial charge is 0.143 e. The van der Waals surface area contributed by atoms with Crippen LogP contribution in [0.1, 0.15) is 13.8 Å².